The van der Waals surface area contributed by atoms with Crippen LogP contribution in [-0.2, 0) is 9.53 Å². The molecule has 0 aromatic heterocycles. The third-order valence-corrected chi connectivity index (χ3v) is 3.49. The van der Waals surface area contributed by atoms with Crippen LogP contribution in [0.4, 0.5) is 11.4 Å². The highest BCUT2D eigenvalue weighted by atomic mass is 79.9. The normalized spacial score (nSPS) is 9.96. The molecule has 2 aromatic carbocycles. The average Bonchev–Trinajstić information content (AvgIpc) is 2.55. The van der Waals surface area contributed by atoms with Gasteiger partial charge in [-0.15, -0.1) is 0 Å². The molecular formula is C15H11BrN2O5. The molecule has 0 unspecified atom stereocenters. The number of amides is 1. The van der Waals surface area contributed by atoms with E-state index in [0.717, 1.165) is 0 Å². The van der Waals surface area contributed by atoms with E-state index < -0.39 is 23.4 Å². The van der Waals surface area contributed by atoms with Gasteiger partial charge in [-0.2, -0.15) is 0 Å². The van der Waals surface area contributed by atoms with Gasteiger partial charge in [0.1, 0.15) is 0 Å². The molecule has 0 bridgehead atoms. The minimum Gasteiger partial charge on any atom is -0.452 e. The zero-order valence-electron chi connectivity index (χ0n) is 11.7. The maximum Gasteiger partial charge on any atom is 0.338 e. The Labute approximate surface area is 139 Å². The van der Waals surface area contributed by atoms with Crippen LogP contribution in [0.5, 0.6) is 0 Å². The number of rotatable bonds is 5. The van der Waals surface area contributed by atoms with Gasteiger partial charge >= 0.3 is 5.97 Å². The zero-order chi connectivity index (χ0) is 16.8. The van der Waals surface area contributed by atoms with Crippen molar-refractivity contribution < 1.29 is 19.2 Å². The molecule has 0 spiro atoms. The third-order valence-electron chi connectivity index (χ3n) is 2.80. The van der Waals surface area contributed by atoms with Crippen molar-refractivity contribution in [2.24, 2.45) is 0 Å². The molecule has 2 rings (SSSR count). The number of anilines is 1. The molecule has 1 N–H and O–H groups in total. The van der Waals surface area contributed by atoms with Crippen LogP contribution in [0.2, 0.25) is 0 Å². The minimum absolute atomic E-state index is 0.129. The standard InChI is InChI=1S/C15H11BrN2O5/c16-12-3-1-2-4-13(12)17-14(19)9-23-15(20)10-5-7-11(8-6-10)18(21)22/h1-8H,9H2,(H,17,19). The summed E-state index contributed by atoms with van der Waals surface area (Å²) in [4.78, 5) is 33.5. The summed E-state index contributed by atoms with van der Waals surface area (Å²) < 4.78 is 5.57. The number of carbonyl (C=O) groups is 2. The van der Waals surface area contributed by atoms with Crippen LogP contribution >= 0.6 is 15.9 Å². The lowest BCUT2D eigenvalue weighted by Crippen LogP contribution is -2.21. The van der Waals surface area contributed by atoms with E-state index >= 15 is 0 Å². The Balaban J connectivity index is 1.90. The summed E-state index contributed by atoms with van der Waals surface area (Å²) in [6, 6.07) is 11.9. The molecule has 0 saturated carbocycles. The number of esters is 1. The molecule has 0 aliphatic carbocycles. The number of non-ortho nitro benzene ring substituents is 1. The predicted molar refractivity (Wildman–Crippen MR) is 86.2 cm³/mol. The van der Waals surface area contributed by atoms with E-state index in [2.05, 4.69) is 21.2 Å². The third kappa shape index (κ3) is 4.62. The molecule has 0 fully saturated rings. The fraction of sp³-hybridized carbons (Fsp3) is 0.0667. The largest absolute Gasteiger partial charge is 0.452 e. The Bertz CT molecular complexity index is 746. The number of hydrogen-bond acceptors (Lipinski definition) is 5. The number of ether oxygens (including phenoxy) is 1. The predicted octanol–water partition coefficient (Wildman–Crippen LogP) is 3.15. The number of nitro groups is 1. The lowest BCUT2D eigenvalue weighted by Gasteiger charge is -2.08. The fourth-order valence-corrected chi connectivity index (χ4v) is 2.07. The van der Waals surface area contributed by atoms with Crippen molar-refractivity contribution in [2.45, 2.75) is 0 Å². The molecule has 0 heterocycles. The van der Waals surface area contributed by atoms with E-state index in [1.165, 1.54) is 24.3 Å². The number of benzene rings is 2. The van der Waals surface area contributed by atoms with Crippen molar-refractivity contribution >= 4 is 39.2 Å². The van der Waals surface area contributed by atoms with Crippen molar-refractivity contribution in [3.63, 3.8) is 0 Å². The summed E-state index contributed by atoms with van der Waals surface area (Å²) in [6.07, 6.45) is 0. The van der Waals surface area contributed by atoms with Crippen LogP contribution in [0.15, 0.2) is 53.0 Å². The van der Waals surface area contributed by atoms with Crippen LogP contribution in [-0.4, -0.2) is 23.4 Å². The molecule has 0 aliphatic rings. The van der Waals surface area contributed by atoms with E-state index in [0.29, 0.717) is 10.2 Å². The van der Waals surface area contributed by atoms with Gasteiger partial charge in [0, 0.05) is 16.6 Å². The average molecular weight is 379 g/mol. The van der Waals surface area contributed by atoms with Crippen molar-refractivity contribution in [3.8, 4) is 0 Å². The quantitative estimate of drug-likeness (QED) is 0.489. The molecule has 2 aromatic rings. The van der Waals surface area contributed by atoms with E-state index in [-0.39, 0.29) is 11.3 Å². The lowest BCUT2D eigenvalue weighted by atomic mass is 10.2. The Kier molecular flexibility index (Phi) is 5.42. The molecule has 118 valence electrons. The first kappa shape index (κ1) is 16.6. The van der Waals surface area contributed by atoms with E-state index in [1.54, 1.807) is 24.3 Å². The van der Waals surface area contributed by atoms with Crippen LogP contribution in [0.3, 0.4) is 0 Å². The Morgan fingerprint density at radius 3 is 2.39 bits per heavy atom. The molecule has 0 saturated heterocycles. The summed E-state index contributed by atoms with van der Waals surface area (Å²) >= 11 is 3.28. The summed E-state index contributed by atoms with van der Waals surface area (Å²) in [6.45, 7) is -0.461. The number of hydrogen-bond donors (Lipinski definition) is 1. The minimum atomic E-state index is -0.734. The number of nitrogens with zero attached hydrogens (tertiary/aromatic N) is 1. The monoisotopic (exact) mass is 378 g/mol. The highest BCUT2D eigenvalue weighted by Gasteiger charge is 2.13. The van der Waals surface area contributed by atoms with Gasteiger partial charge in [-0.25, -0.2) is 4.79 Å². The summed E-state index contributed by atoms with van der Waals surface area (Å²) in [5.41, 5.74) is 0.557. The van der Waals surface area contributed by atoms with Gasteiger partial charge in [0.25, 0.3) is 11.6 Å². The molecule has 0 radical (unpaired) electrons. The smallest absolute Gasteiger partial charge is 0.338 e. The van der Waals surface area contributed by atoms with E-state index in [4.69, 9.17) is 4.74 Å². The SMILES string of the molecule is O=C(COC(=O)c1ccc([N+](=O)[O-])cc1)Nc1ccccc1Br. The Morgan fingerprint density at radius 1 is 1.13 bits per heavy atom. The van der Waals surface area contributed by atoms with Gasteiger partial charge in [-0.05, 0) is 40.2 Å². The van der Waals surface area contributed by atoms with Gasteiger partial charge in [0.15, 0.2) is 6.61 Å². The highest BCUT2D eigenvalue weighted by molar-refractivity contribution is 9.10. The van der Waals surface area contributed by atoms with Crippen molar-refractivity contribution in [2.75, 3.05) is 11.9 Å². The maximum atomic E-state index is 11.8. The number of nitrogens with one attached hydrogen (secondary N) is 1. The molecular weight excluding hydrogens is 368 g/mol. The van der Waals surface area contributed by atoms with Gasteiger partial charge in [0.2, 0.25) is 0 Å². The van der Waals surface area contributed by atoms with Gasteiger partial charge in [-0.3, -0.25) is 14.9 Å². The van der Waals surface area contributed by atoms with Crippen molar-refractivity contribution in [1.82, 2.24) is 0 Å². The molecule has 23 heavy (non-hydrogen) atoms. The summed E-state index contributed by atoms with van der Waals surface area (Å²) in [7, 11) is 0. The van der Waals surface area contributed by atoms with E-state index in [9.17, 15) is 19.7 Å². The van der Waals surface area contributed by atoms with Gasteiger partial charge < -0.3 is 10.1 Å². The number of carbonyl (C=O) groups excluding carboxylic acids is 2. The molecule has 1 amide bonds. The fourth-order valence-electron chi connectivity index (χ4n) is 1.68. The number of halogens is 1. The van der Waals surface area contributed by atoms with Crippen LogP contribution in [0.1, 0.15) is 10.4 Å². The summed E-state index contributed by atoms with van der Waals surface area (Å²) in [5, 5.41) is 13.1. The molecule has 7 nitrogen and oxygen atoms in total. The first-order valence-corrected chi connectivity index (χ1v) is 7.22. The highest BCUT2D eigenvalue weighted by Crippen LogP contribution is 2.21. The topological polar surface area (TPSA) is 98.5 Å². The lowest BCUT2D eigenvalue weighted by molar-refractivity contribution is -0.384. The van der Waals surface area contributed by atoms with Gasteiger partial charge in [-0.1, -0.05) is 12.1 Å². The van der Waals surface area contributed by atoms with Crippen LogP contribution in [0.25, 0.3) is 0 Å². The number of nitro benzene ring substituents is 1. The second-order valence-corrected chi connectivity index (χ2v) is 5.26. The zero-order valence-corrected chi connectivity index (χ0v) is 13.3. The number of para-hydroxylation sites is 1. The maximum absolute atomic E-state index is 11.8. The molecule has 8 heteroatoms. The van der Waals surface area contributed by atoms with E-state index in [1.807, 2.05) is 0 Å². The molecule has 0 atom stereocenters. The van der Waals surface area contributed by atoms with Crippen molar-refractivity contribution in [3.05, 3.63) is 68.7 Å². The first-order chi connectivity index (χ1) is 11.0. The Morgan fingerprint density at radius 2 is 1.78 bits per heavy atom. The van der Waals surface area contributed by atoms with Crippen LogP contribution < -0.4 is 5.32 Å². The van der Waals surface area contributed by atoms with Gasteiger partial charge in [0.05, 0.1) is 16.2 Å². The molecule has 0 aliphatic heterocycles. The Hall–Kier alpha value is -2.74. The van der Waals surface area contributed by atoms with Crippen LogP contribution in [0, 0.1) is 10.1 Å². The van der Waals surface area contributed by atoms with Crippen molar-refractivity contribution in [1.29, 1.82) is 0 Å². The second kappa shape index (κ2) is 7.50. The first-order valence-electron chi connectivity index (χ1n) is 6.43. The summed E-state index contributed by atoms with van der Waals surface area (Å²) in [5.74, 6) is -1.23. The second-order valence-electron chi connectivity index (χ2n) is 4.41.